The minimum Gasteiger partial charge on any atom is -0.399 e. The van der Waals surface area contributed by atoms with Gasteiger partial charge < -0.3 is 5.73 Å². The second kappa shape index (κ2) is 5.37. The molecule has 2 aromatic carbocycles. The van der Waals surface area contributed by atoms with Crippen LogP contribution in [-0.4, -0.2) is 8.42 Å². The molecule has 20 heavy (non-hydrogen) atoms. The number of nitrogens with two attached hydrogens (primary N) is 1. The molecule has 2 rings (SSSR count). The van der Waals surface area contributed by atoms with Crippen LogP contribution in [0.4, 0.5) is 20.2 Å². The molecule has 0 aliphatic carbocycles. The van der Waals surface area contributed by atoms with Crippen molar-refractivity contribution in [2.45, 2.75) is 4.90 Å². The maximum Gasteiger partial charge on any atom is 0.265 e. The Bertz CT molecular complexity index is 749. The highest BCUT2D eigenvalue weighted by atomic mass is 79.9. The summed E-state index contributed by atoms with van der Waals surface area (Å²) in [6.45, 7) is 0. The number of nitrogens with one attached hydrogen (secondary N) is 1. The Morgan fingerprint density at radius 1 is 1.10 bits per heavy atom. The van der Waals surface area contributed by atoms with Crippen LogP contribution in [0.25, 0.3) is 0 Å². The molecular weight excluding hydrogens is 354 g/mol. The number of rotatable bonds is 3. The highest BCUT2D eigenvalue weighted by Crippen LogP contribution is 2.24. The first-order valence-electron chi connectivity index (χ1n) is 5.32. The molecule has 4 nitrogen and oxygen atoms in total. The summed E-state index contributed by atoms with van der Waals surface area (Å²) < 4.78 is 53.7. The van der Waals surface area contributed by atoms with Gasteiger partial charge in [0.15, 0.2) is 11.6 Å². The summed E-state index contributed by atoms with van der Waals surface area (Å²) in [7, 11) is -4.26. The van der Waals surface area contributed by atoms with E-state index in [0.29, 0.717) is 6.07 Å². The van der Waals surface area contributed by atoms with Crippen LogP contribution in [0.3, 0.4) is 0 Å². The first kappa shape index (κ1) is 14.7. The van der Waals surface area contributed by atoms with Crippen LogP contribution < -0.4 is 10.5 Å². The maximum absolute atomic E-state index is 13.6. The van der Waals surface area contributed by atoms with Gasteiger partial charge in [-0.15, -0.1) is 0 Å². The monoisotopic (exact) mass is 362 g/mol. The quantitative estimate of drug-likeness (QED) is 0.824. The highest BCUT2D eigenvalue weighted by Gasteiger charge is 2.22. The molecule has 0 aromatic heterocycles. The van der Waals surface area contributed by atoms with Crippen molar-refractivity contribution in [1.82, 2.24) is 0 Å². The molecule has 0 saturated carbocycles. The Balaban J connectivity index is 2.43. The Morgan fingerprint density at radius 3 is 2.30 bits per heavy atom. The third kappa shape index (κ3) is 3.07. The Morgan fingerprint density at radius 2 is 1.70 bits per heavy atom. The van der Waals surface area contributed by atoms with Crippen molar-refractivity contribution in [3.63, 3.8) is 0 Å². The zero-order valence-corrected chi connectivity index (χ0v) is 12.3. The van der Waals surface area contributed by atoms with Gasteiger partial charge in [-0.25, -0.2) is 17.2 Å². The number of hydrogen-bond donors (Lipinski definition) is 2. The van der Waals surface area contributed by atoms with Gasteiger partial charge in [0.25, 0.3) is 10.0 Å². The first-order chi connectivity index (χ1) is 9.29. The summed E-state index contributed by atoms with van der Waals surface area (Å²) in [6.07, 6.45) is 0. The molecule has 0 saturated heterocycles. The smallest absolute Gasteiger partial charge is 0.265 e. The number of nitrogen functional groups attached to an aromatic ring is 1. The molecule has 0 atom stereocenters. The van der Waals surface area contributed by atoms with Gasteiger partial charge in [-0.1, -0.05) is 15.9 Å². The maximum atomic E-state index is 13.6. The fourth-order valence-electron chi connectivity index (χ4n) is 1.51. The van der Waals surface area contributed by atoms with Crippen molar-refractivity contribution < 1.29 is 17.2 Å². The highest BCUT2D eigenvalue weighted by molar-refractivity contribution is 9.10. The average Bonchev–Trinajstić information content (AvgIpc) is 2.36. The second-order valence-corrected chi connectivity index (χ2v) is 6.49. The third-order valence-corrected chi connectivity index (χ3v) is 4.31. The topological polar surface area (TPSA) is 72.2 Å². The number of sulfonamides is 1. The predicted octanol–water partition coefficient (Wildman–Crippen LogP) is 3.11. The molecule has 2 aromatic rings. The van der Waals surface area contributed by atoms with E-state index in [2.05, 4.69) is 20.7 Å². The van der Waals surface area contributed by atoms with Crippen LogP contribution in [0.15, 0.2) is 45.8 Å². The normalized spacial score (nSPS) is 11.3. The van der Waals surface area contributed by atoms with E-state index in [1.807, 2.05) is 0 Å². The van der Waals surface area contributed by atoms with Crippen molar-refractivity contribution in [3.05, 3.63) is 52.5 Å². The van der Waals surface area contributed by atoms with E-state index in [9.17, 15) is 17.2 Å². The van der Waals surface area contributed by atoms with E-state index in [1.165, 1.54) is 12.1 Å². The second-order valence-electron chi connectivity index (χ2n) is 3.93. The van der Waals surface area contributed by atoms with E-state index < -0.39 is 26.6 Å². The van der Waals surface area contributed by atoms with E-state index >= 15 is 0 Å². The zero-order valence-electron chi connectivity index (χ0n) is 9.90. The molecule has 0 radical (unpaired) electrons. The summed E-state index contributed by atoms with van der Waals surface area (Å²) in [5.74, 6) is -2.79. The summed E-state index contributed by atoms with van der Waals surface area (Å²) in [4.78, 5) is -0.835. The lowest BCUT2D eigenvalue weighted by molar-refractivity contribution is 0.486. The Kier molecular flexibility index (Phi) is 3.96. The van der Waals surface area contributed by atoms with Crippen molar-refractivity contribution >= 4 is 37.3 Å². The van der Waals surface area contributed by atoms with Gasteiger partial charge in [0, 0.05) is 15.8 Å². The lowest BCUT2D eigenvalue weighted by atomic mass is 10.3. The number of benzene rings is 2. The predicted molar refractivity (Wildman–Crippen MR) is 75.7 cm³/mol. The fourth-order valence-corrected chi connectivity index (χ4v) is 2.95. The van der Waals surface area contributed by atoms with Crippen molar-refractivity contribution in [3.8, 4) is 0 Å². The van der Waals surface area contributed by atoms with E-state index in [-0.39, 0.29) is 11.4 Å². The van der Waals surface area contributed by atoms with E-state index in [4.69, 9.17) is 5.73 Å². The lowest BCUT2D eigenvalue weighted by Gasteiger charge is -2.10. The van der Waals surface area contributed by atoms with Crippen LogP contribution in [0.5, 0.6) is 0 Å². The average molecular weight is 363 g/mol. The minimum atomic E-state index is -4.26. The van der Waals surface area contributed by atoms with Gasteiger partial charge in [0.2, 0.25) is 0 Å². The van der Waals surface area contributed by atoms with Crippen molar-refractivity contribution in [2.24, 2.45) is 0 Å². The van der Waals surface area contributed by atoms with Crippen LogP contribution in [0.2, 0.25) is 0 Å². The van der Waals surface area contributed by atoms with Crippen LogP contribution in [0, 0.1) is 11.6 Å². The van der Waals surface area contributed by atoms with Gasteiger partial charge in [0.05, 0.1) is 0 Å². The summed E-state index contributed by atoms with van der Waals surface area (Å²) in [5.41, 5.74) is 5.37. The molecular formula is C12H9BrF2N2O2S. The molecule has 0 bridgehead atoms. The van der Waals surface area contributed by atoms with Gasteiger partial charge in [0.1, 0.15) is 4.90 Å². The fraction of sp³-hybridized carbons (Fsp3) is 0. The molecule has 0 spiro atoms. The summed E-state index contributed by atoms with van der Waals surface area (Å²) in [6, 6.07) is 7.74. The zero-order chi connectivity index (χ0) is 14.9. The Hall–Kier alpha value is -1.67. The SMILES string of the molecule is Nc1cc(F)c(F)c(S(=O)(=O)Nc2ccc(Br)cc2)c1. The molecule has 0 fully saturated rings. The van der Waals surface area contributed by atoms with Gasteiger partial charge in [-0.3, -0.25) is 4.72 Å². The number of hydrogen-bond acceptors (Lipinski definition) is 3. The summed E-state index contributed by atoms with van der Waals surface area (Å²) in [5, 5.41) is 0. The van der Waals surface area contributed by atoms with E-state index in [0.717, 1.165) is 10.5 Å². The minimum absolute atomic E-state index is 0.180. The standard InChI is InChI=1S/C12H9BrF2N2O2S/c13-7-1-3-9(4-2-7)17-20(18,19)11-6-8(16)5-10(14)12(11)15/h1-6,17H,16H2. The van der Waals surface area contributed by atoms with Crippen molar-refractivity contribution in [1.29, 1.82) is 0 Å². The molecule has 8 heteroatoms. The molecule has 106 valence electrons. The van der Waals surface area contributed by atoms with Gasteiger partial charge >= 0.3 is 0 Å². The van der Waals surface area contributed by atoms with E-state index in [1.54, 1.807) is 12.1 Å². The first-order valence-corrected chi connectivity index (χ1v) is 7.60. The molecule has 3 N–H and O–H groups in total. The van der Waals surface area contributed by atoms with Crippen LogP contribution in [0.1, 0.15) is 0 Å². The van der Waals surface area contributed by atoms with Gasteiger partial charge in [-0.2, -0.15) is 0 Å². The molecule has 0 amide bonds. The van der Waals surface area contributed by atoms with Gasteiger partial charge in [-0.05, 0) is 36.4 Å². The summed E-state index contributed by atoms with van der Waals surface area (Å²) >= 11 is 3.20. The van der Waals surface area contributed by atoms with Crippen LogP contribution in [-0.2, 0) is 10.0 Å². The van der Waals surface area contributed by atoms with Crippen LogP contribution >= 0.6 is 15.9 Å². The third-order valence-electron chi connectivity index (χ3n) is 2.40. The molecule has 0 unspecified atom stereocenters. The molecule has 0 heterocycles. The van der Waals surface area contributed by atoms with Crippen molar-refractivity contribution in [2.75, 3.05) is 10.5 Å². The largest absolute Gasteiger partial charge is 0.399 e. The molecule has 0 aliphatic rings. The molecule has 0 aliphatic heterocycles. The number of anilines is 2. The Labute approximate surface area is 122 Å². The lowest BCUT2D eigenvalue weighted by Crippen LogP contribution is -2.15. The number of halogens is 3.